The predicted octanol–water partition coefficient (Wildman–Crippen LogP) is 18.9. The van der Waals surface area contributed by atoms with Gasteiger partial charge in [0, 0.05) is 12.8 Å². The average Bonchev–Trinajstić information content (AvgIpc) is 3.34. The van der Waals surface area contributed by atoms with E-state index < -0.39 is 12.1 Å². The third-order valence-electron chi connectivity index (χ3n) is 11.8. The van der Waals surface area contributed by atoms with Gasteiger partial charge in [-0.05, 0) is 96.3 Å². The summed E-state index contributed by atoms with van der Waals surface area (Å²) in [4.78, 5) is 38.0. The van der Waals surface area contributed by atoms with Crippen LogP contribution in [0.4, 0.5) is 0 Å². The molecule has 6 heteroatoms. The summed E-state index contributed by atoms with van der Waals surface area (Å²) in [6, 6.07) is 0. The number of ether oxygens (including phenoxy) is 3. The van der Waals surface area contributed by atoms with E-state index in [-0.39, 0.29) is 31.6 Å². The molecule has 0 rings (SSSR count). The molecule has 0 bridgehead atoms. The molecular weight excluding hydrogens is 841 g/mol. The second-order valence-electron chi connectivity index (χ2n) is 18.5. The van der Waals surface area contributed by atoms with Gasteiger partial charge < -0.3 is 14.2 Å². The lowest BCUT2D eigenvalue weighted by Crippen LogP contribution is -2.30. The smallest absolute Gasteiger partial charge is 0.310 e. The minimum atomic E-state index is -0.839. The summed E-state index contributed by atoms with van der Waals surface area (Å²) in [5.74, 6) is -1.07. The molecule has 68 heavy (non-hydrogen) atoms. The molecule has 0 aliphatic rings. The number of allylic oxidation sites excluding steroid dienone is 15. The summed E-state index contributed by atoms with van der Waals surface area (Å²) in [5, 5.41) is 0. The van der Waals surface area contributed by atoms with Crippen LogP contribution >= 0.6 is 0 Å². The maximum atomic E-state index is 12.8. The Morgan fingerprint density at radius 3 is 1.03 bits per heavy atom. The number of esters is 3. The Hall–Kier alpha value is -3.67. The summed E-state index contributed by atoms with van der Waals surface area (Å²) in [5.41, 5.74) is 0. The van der Waals surface area contributed by atoms with Gasteiger partial charge >= 0.3 is 17.9 Å². The summed E-state index contributed by atoms with van der Waals surface area (Å²) in [6.07, 6.45) is 74.3. The Morgan fingerprint density at radius 2 is 0.632 bits per heavy atom. The third-order valence-corrected chi connectivity index (χ3v) is 11.8. The van der Waals surface area contributed by atoms with Crippen molar-refractivity contribution in [3.8, 4) is 0 Å². The van der Waals surface area contributed by atoms with E-state index >= 15 is 0 Å². The molecule has 0 N–H and O–H groups in total. The van der Waals surface area contributed by atoms with Crippen LogP contribution in [-0.4, -0.2) is 37.2 Å². The Bertz CT molecular complexity index is 1360. The van der Waals surface area contributed by atoms with E-state index in [9.17, 15) is 14.4 Å². The number of carbonyl (C=O) groups excluding carboxylic acids is 3. The van der Waals surface area contributed by atoms with Crippen LogP contribution in [0.15, 0.2) is 97.2 Å². The van der Waals surface area contributed by atoms with Crippen LogP contribution in [0.5, 0.6) is 0 Å². The summed E-state index contributed by atoms with van der Waals surface area (Å²) in [7, 11) is 0. The second-order valence-corrected chi connectivity index (χ2v) is 18.5. The maximum Gasteiger partial charge on any atom is 0.310 e. The van der Waals surface area contributed by atoms with Crippen LogP contribution in [-0.2, 0) is 28.6 Å². The zero-order valence-electron chi connectivity index (χ0n) is 44.3. The molecule has 0 spiro atoms. The van der Waals surface area contributed by atoms with Gasteiger partial charge in [-0.25, -0.2) is 0 Å². The molecule has 0 aromatic rings. The lowest BCUT2D eigenvalue weighted by molar-refractivity contribution is -0.166. The highest BCUT2D eigenvalue weighted by molar-refractivity contribution is 5.72. The van der Waals surface area contributed by atoms with E-state index in [0.29, 0.717) is 12.8 Å². The van der Waals surface area contributed by atoms with E-state index in [4.69, 9.17) is 14.2 Å². The molecule has 0 fully saturated rings. The van der Waals surface area contributed by atoms with Crippen LogP contribution < -0.4 is 0 Å². The molecule has 0 saturated heterocycles. The van der Waals surface area contributed by atoms with Crippen molar-refractivity contribution in [2.24, 2.45) is 0 Å². The van der Waals surface area contributed by atoms with Gasteiger partial charge in [0.25, 0.3) is 0 Å². The number of carbonyl (C=O) groups is 3. The molecule has 0 aliphatic carbocycles. The molecular formula is C62H104O6. The van der Waals surface area contributed by atoms with Crippen molar-refractivity contribution in [2.45, 2.75) is 264 Å². The molecule has 1 atom stereocenters. The van der Waals surface area contributed by atoms with Crippen LogP contribution in [0.2, 0.25) is 0 Å². The molecule has 1 unspecified atom stereocenters. The zero-order chi connectivity index (χ0) is 49.3. The zero-order valence-corrected chi connectivity index (χ0v) is 44.3. The fourth-order valence-corrected chi connectivity index (χ4v) is 7.59. The van der Waals surface area contributed by atoms with Crippen molar-refractivity contribution in [3.63, 3.8) is 0 Å². The molecule has 6 nitrogen and oxygen atoms in total. The van der Waals surface area contributed by atoms with Crippen LogP contribution in [0.3, 0.4) is 0 Å². The van der Waals surface area contributed by atoms with Crippen molar-refractivity contribution in [1.82, 2.24) is 0 Å². The van der Waals surface area contributed by atoms with Gasteiger partial charge in [-0.2, -0.15) is 0 Å². The first-order valence-corrected chi connectivity index (χ1v) is 28.2. The SMILES string of the molecule is CC/C=C\C/C=C\C/C=C\C/C=C\C/C=C\CC(=O)OC(COC(=O)CCCCCCC/C=C\C/C=C\CCCC)COC(=O)CCCCCCCCCCC/C=C\CCCCCCCCCC. The van der Waals surface area contributed by atoms with E-state index in [0.717, 1.165) is 96.3 Å². The molecule has 388 valence electrons. The van der Waals surface area contributed by atoms with Crippen LogP contribution in [0.1, 0.15) is 258 Å². The van der Waals surface area contributed by atoms with Crippen molar-refractivity contribution in [1.29, 1.82) is 0 Å². The van der Waals surface area contributed by atoms with Crippen molar-refractivity contribution < 1.29 is 28.6 Å². The number of hydrogen-bond donors (Lipinski definition) is 0. The quantitative estimate of drug-likeness (QED) is 0.0262. The van der Waals surface area contributed by atoms with E-state index in [2.05, 4.69) is 106 Å². The molecule has 0 aromatic heterocycles. The van der Waals surface area contributed by atoms with Crippen molar-refractivity contribution >= 4 is 17.9 Å². The summed E-state index contributed by atoms with van der Waals surface area (Å²) >= 11 is 0. The number of unbranched alkanes of at least 4 members (excludes halogenated alkanes) is 24. The molecule has 0 heterocycles. The van der Waals surface area contributed by atoms with Gasteiger partial charge in [0.05, 0.1) is 6.42 Å². The lowest BCUT2D eigenvalue weighted by Gasteiger charge is -2.18. The summed E-state index contributed by atoms with van der Waals surface area (Å²) < 4.78 is 16.7. The van der Waals surface area contributed by atoms with E-state index in [1.54, 1.807) is 6.08 Å². The van der Waals surface area contributed by atoms with Crippen molar-refractivity contribution in [2.75, 3.05) is 13.2 Å². The topological polar surface area (TPSA) is 78.9 Å². The minimum absolute atomic E-state index is 0.0919. The Balaban J connectivity index is 4.45. The Kier molecular flexibility index (Phi) is 52.9. The minimum Gasteiger partial charge on any atom is -0.462 e. The fourth-order valence-electron chi connectivity index (χ4n) is 7.59. The highest BCUT2D eigenvalue weighted by Gasteiger charge is 2.19. The van der Waals surface area contributed by atoms with Gasteiger partial charge in [-0.15, -0.1) is 0 Å². The molecule has 0 amide bonds. The largest absolute Gasteiger partial charge is 0.462 e. The standard InChI is InChI=1S/C62H104O6/c1-4-7-10-13-16-19-22-25-28-29-30-31-32-33-35-37-40-43-46-49-52-55-61(64)67-58-59(57-66-60(63)54-51-48-45-42-39-36-27-24-21-18-15-12-9-6-3)68-62(65)56-53-50-47-44-41-38-34-26-23-20-17-14-11-8-5-2/h8,11,15,17-18,20,24,26-27,29-30,34,41,44,50,53,59H,4-7,9-10,12-14,16,19,21-23,25,28,31-33,35-40,42-43,45-49,51-52,54-58H2,1-3H3/b11-8-,18-15-,20-17-,27-24-,30-29-,34-26-,44-41-,53-50-. The molecule has 0 saturated carbocycles. The van der Waals surface area contributed by atoms with Gasteiger partial charge in [-0.1, -0.05) is 240 Å². The monoisotopic (exact) mass is 945 g/mol. The number of hydrogen-bond acceptors (Lipinski definition) is 6. The molecule has 0 aliphatic heterocycles. The van der Waals surface area contributed by atoms with Crippen LogP contribution in [0, 0.1) is 0 Å². The van der Waals surface area contributed by atoms with Crippen molar-refractivity contribution in [3.05, 3.63) is 97.2 Å². The third kappa shape index (κ3) is 53.3. The first-order chi connectivity index (χ1) is 33.5. The fraction of sp³-hybridized carbons (Fsp3) is 0.694. The lowest BCUT2D eigenvalue weighted by atomic mass is 10.1. The van der Waals surface area contributed by atoms with Crippen LogP contribution in [0.25, 0.3) is 0 Å². The predicted molar refractivity (Wildman–Crippen MR) is 293 cm³/mol. The number of rotatable bonds is 50. The Labute approximate surface area is 419 Å². The molecule has 0 aromatic carbocycles. The van der Waals surface area contributed by atoms with Gasteiger partial charge in [0.15, 0.2) is 6.10 Å². The van der Waals surface area contributed by atoms with Gasteiger partial charge in [0.1, 0.15) is 13.2 Å². The first-order valence-electron chi connectivity index (χ1n) is 28.2. The van der Waals surface area contributed by atoms with E-state index in [1.165, 1.54) is 122 Å². The Morgan fingerprint density at radius 1 is 0.324 bits per heavy atom. The molecule has 0 radical (unpaired) electrons. The van der Waals surface area contributed by atoms with Gasteiger partial charge in [-0.3, -0.25) is 14.4 Å². The van der Waals surface area contributed by atoms with Gasteiger partial charge in [0.2, 0.25) is 0 Å². The summed E-state index contributed by atoms with van der Waals surface area (Å²) in [6.45, 7) is 6.39. The highest BCUT2D eigenvalue weighted by atomic mass is 16.6. The first kappa shape index (κ1) is 64.3. The normalized spacial score (nSPS) is 12.8. The highest BCUT2D eigenvalue weighted by Crippen LogP contribution is 2.14. The van der Waals surface area contributed by atoms with E-state index in [1.807, 2.05) is 6.08 Å². The second kappa shape index (κ2) is 55.9. The maximum absolute atomic E-state index is 12.8. The average molecular weight is 946 g/mol.